The highest BCUT2D eigenvalue weighted by atomic mass is 35.5. The molecule has 0 saturated heterocycles. The predicted octanol–water partition coefficient (Wildman–Crippen LogP) is 6.96. The summed E-state index contributed by atoms with van der Waals surface area (Å²) >= 11 is 5.79. The van der Waals surface area contributed by atoms with Crippen LogP contribution in [-0.2, 0) is 0 Å². The van der Waals surface area contributed by atoms with E-state index in [0.29, 0.717) is 28.0 Å². The monoisotopic (exact) mass is 608 g/mol. The van der Waals surface area contributed by atoms with Crippen molar-refractivity contribution < 1.29 is 22.8 Å². The lowest BCUT2D eigenvalue weighted by Crippen LogP contribution is -2.34. The van der Waals surface area contributed by atoms with Gasteiger partial charge in [-0.2, -0.15) is 13.2 Å². The van der Waals surface area contributed by atoms with Gasteiger partial charge in [0.15, 0.2) is 0 Å². The summed E-state index contributed by atoms with van der Waals surface area (Å²) in [5, 5.41) is 5.39. The number of rotatable bonds is 12. The molecule has 2 aromatic carbocycles. The van der Waals surface area contributed by atoms with Crippen molar-refractivity contribution in [3.63, 3.8) is 0 Å². The molecule has 2 amide bonds. The number of unbranched alkanes of at least 4 members (excludes halogenated alkanes) is 3. The van der Waals surface area contributed by atoms with E-state index in [1.165, 1.54) is 0 Å². The first kappa shape index (κ1) is 33.1. The number of amides is 2. The number of hydrogen-bond donors (Lipinski definition) is 1. The van der Waals surface area contributed by atoms with Crippen LogP contribution in [0.2, 0.25) is 5.02 Å². The molecule has 0 spiro atoms. The van der Waals surface area contributed by atoms with Gasteiger partial charge < -0.3 is 10.2 Å². The molecule has 3 rings (SSSR count). The van der Waals surface area contributed by atoms with E-state index >= 15 is 0 Å². The summed E-state index contributed by atoms with van der Waals surface area (Å²) in [6.07, 6.45) is 11.7. The van der Waals surface area contributed by atoms with E-state index in [2.05, 4.69) is 24.4 Å². The highest BCUT2D eigenvalue weighted by Crippen LogP contribution is 2.29. The molecule has 2 aromatic rings. The van der Waals surface area contributed by atoms with Crippen LogP contribution in [-0.4, -0.2) is 48.1 Å². The first-order valence-corrected chi connectivity index (χ1v) is 15.6. The molecule has 1 aliphatic carbocycles. The fraction of sp³-hybridized carbons (Fsp3) is 0.500. The quantitative estimate of drug-likeness (QED) is 0.265. The average Bonchev–Trinajstić information content (AvgIpc) is 2.92. The average molecular weight is 609 g/mol. The van der Waals surface area contributed by atoms with Crippen LogP contribution in [0.5, 0.6) is 0 Å². The van der Waals surface area contributed by atoms with Crippen LogP contribution in [0.1, 0.15) is 78.1 Å². The Hall–Kier alpha value is -2.45. The fourth-order valence-corrected chi connectivity index (χ4v) is 5.87. The number of fused-ring (bicyclic) bond motifs is 1. The Morgan fingerprint density at radius 2 is 1.73 bits per heavy atom. The summed E-state index contributed by atoms with van der Waals surface area (Å²) in [6.45, 7) is 4.89. The highest BCUT2D eigenvalue weighted by molar-refractivity contribution is 8.00. The molecule has 0 aliphatic heterocycles. The van der Waals surface area contributed by atoms with Crippen LogP contribution in [0.4, 0.5) is 13.2 Å². The lowest BCUT2D eigenvalue weighted by atomic mass is 9.82. The van der Waals surface area contributed by atoms with Gasteiger partial charge in [0.25, 0.3) is 11.8 Å². The van der Waals surface area contributed by atoms with Crippen molar-refractivity contribution in [2.45, 2.75) is 64.3 Å². The number of halogens is 4. The summed E-state index contributed by atoms with van der Waals surface area (Å²) in [6, 6.07) is 10.7. The third-order valence-electron chi connectivity index (χ3n) is 7.84. The lowest BCUT2D eigenvalue weighted by Gasteiger charge is -2.23. The normalized spacial score (nSPS) is 17.0. The van der Waals surface area contributed by atoms with Gasteiger partial charge in [0.2, 0.25) is 0 Å². The number of nitrogens with zero attached hydrogens (tertiary/aromatic N) is 1. The van der Waals surface area contributed by atoms with Crippen molar-refractivity contribution >= 4 is 47.3 Å². The van der Waals surface area contributed by atoms with Gasteiger partial charge in [0.05, 0.1) is 0 Å². The number of benzene rings is 2. The Balaban J connectivity index is 1.49. The highest BCUT2D eigenvalue weighted by Gasteiger charge is 2.27. The maximum absolute atomic E-state index is 12.7. The van der Waals surface area contributed by atoms with Crippen molar-refractivity contribution in [1.29, 1.82) is 0 Å². The standard InChI is InChI=1S/C32H40ClF3N2O2S/c1-22-9-10-25-14-18-29(30(39)37-19-21-41-32(34,35)36)23(2)28(25)17-13-24(22)8-6-4-5-7-20-38(3)31(40)26-11-15-27(33)16-12-26/h10-12,14-18,22,24H,4-9,13,19-21H2,1-3H3,(H,37,39). The molecule has 1 N–H and O–H groups in total. The van der Waals surface area contributed by atoms with Gasteiger partial charge in [0, 0.05) is 42.0 Å². The predicted molar refractivity (Wildman–Crippen MR) is 164 cm³/mol. The Bertz CT molecular complexity index is 1300. The van der Waals surface area contributed by atoms with Gasteiger partial charge in [-0.05, 0) is 103 Å². The van der Waals surface area contributed by atoms with Gasteiger partial charge in [-0.3, -0.25) is 9.59 Å². The first-order valence-electron chi connectivity index (χ1n) is 14.3. The lowest BCUT2D eigenvalue weighted by molar-refractivity contribution is -0.0327. The van der Waals surface area contributed by atoms with E-state index < -0.39 is 5.51 Å². The van der Waals surface area contributed by atoms with Crippen LogP contribution >= 0.6 is 23.4 Å². The maximum Gasteiger partial charge on any atom is 0.441 e. The molecule has 0 bridgehead atoms. The molecular formula is C32H40ClF3N2O2S. The van der Waals surface area contributed by atoms with Gasteiger partial charge in [-0.15, -0.1) is 0 Å². The molecule has 0 fully saturated rings. The van der Waals surface area contributed by atoms with Crippen LogP contribution in [0.25, 0.3) is 12.2 Å². The molecule has 0 aromatic heterocycles. The Morgan fingerprint density at radius 1 is 1.02 bits per heavy atom. The third kappa shape index (κ3) is 10.4. The maximum atomic E-state index is 12.7. The number of thioether (sulfide) groups is 1. The molecule has 0 saturated carbocycles. The van der Waals surface area contributed by atoms with Crippen molar-refractivity contribution in [3.05, 3.63) is 68.5 Å². The van der Waals surface area contributed by atoms with Gasteiger partial charge in [-0.1, -0.05) is 56.0 Å². The van der Waals surface area contributed by atoms with E-state index in [1.54, 1.807) is 35.2 Å². The number of carbonyl (C=O) groups excluding carboxylic acids is 2. The van der Waals surface area contributed by atoms with E-state index in [9.17, 15) is 22.8 Å². The minimum Gasteiger partial charge on any atom is -0.351 e. The summed E-state index contributed by atoms with van der Waals surface area (Å²) in [4.78, 5) is 27.0. The minimum absolute atomic E-state index is 0.00784. The summed E-state index contributed by atoms with van der Waals surface area (Å²) in [7, 11) is 1.83. The van der Waals surface area contributed by atoms with Gasteiger partial charge in [-0.25, -0.2) is 0 Å². The molecule has 2 unspecified atom stereocenters. The summed E-state index contributed by atoms with van der Waals surface area (Å²) in [5.74, 6) is 0.529. The number of carbonyl (C=O) groups is 2. The second kappa shape index (κ2) is 15.7. The van der Waals surface area contributed by atoms with Crippen molar-refractivity contribution in [3.8, 4) is 0 Å². The third-order valence-corrected chi connectivity index (χ3v) is 8.83. The number of hydrogen-bond acceptors (Lipinski definition) is 3. The molecule has 1 aliphatic rings. The Labute approximate surface area is 250 Å². The summed E-state index contributed by atoms with van der Waals surface area (Å²) < 4.78 is 37.1. The van der Waals surface area contributed by atoms with Crippen LogP contribution in [0.3, 0.4) is 0 Å². The molecule has 2 atom stereocenters. The molecular weight excluding hydrogens is 569 g/mol. The van der Waals surface area contributed by atoms with Gasteiger partial charge in [0.1, 0.15) is 0 Å². The Kier molecular flexibility index (Phi) is 12.6. The molecule has 224 valence electrons. The van der Waals surface area contributed by atoms with Gasteiger partial charge >= 0.3 is 5.51 Å². The van der Waals surface area contributed by atoms with Crippen LogP contribution in [0.15, 0.2) is 36.4 Å². The fourth-order valence-electron chi connectivity index (χ4n) is 5.30. The van der Waals surface area contributed by atoms with E-state index in [4.69, 9.17) is 11.6 Å². The second-order valence-electron chi connectivity index (χ2n) is 10.8. The van der Waals surface area contributed by atoms with Crippen molar-refractivity contribution in [1.82, 2.24) is 10.2 Å². The first-order chi connectivity index (χ1) is 19.5. The van der Waals surface area contributed by atoms with E-state index in [1.807, 2.05) is 20.0 Å². The zero-order valence-electron chi connectivity index (χ0n) is 24.0. The molecule has 0 heterocycles. The largest absolute Gasteiger partial charge is 0.441 e. The molecule has 4 nitrogen and oxygen atoms in total. The topological polar surface area (TPSA) is 49.4 Å². The SMILES string of the molecule is Cc1c(C(=O)NCCSC(F)(F)F)ccc2c1=CCC(CCCCCCN(C)C(=O)c1ccc(Cl)cc1)C(C)CC=2. The zero-order valence-corrected chi connectivity index (χ0v) is 25.6. The zero-order chi connectivity index (χ0) is 30.0. The van der Waals surface area contributed by atoms with E-state index in [0.717, 1.165) is 67.5 Å². The molecule has 0 radical (unpaired) electrons. The molecule has 41 heavy (non-hydrogen) atoms. The van der Waals surface area contributed by atoms with Crippen molar-refractivity contribution in [2.24, 2.45) is 11.8 Å². The van der Waals surface area contributed by atoms with Crippen molar-refractivity contribution in [2.75, 3.05) is 25.9 Å². The Morgan fingerprint density at radius 3 is 2.44 bits per heavy atom. The van der Waals surface area contributed by atoms with Crippen LogP contribution < -0.4 is 15.8 Å². The van der Waals surface area contributed by atoms with E-state index in [-0.39, 0.29) is 35.9 Å². The smallest absolute Gasteiger partial charge is 0.351 e. The minimum atomic E-state index is -4.29. The number of nitrogens with one attached hydrogen (secondary N) is 1. The van der Waals surface area contributed by atoms with Crippen LogP contribution in [0, 0.1) is 18.8 Å². The molecule has 9 heteroatoms. The number of alkyl halides is 3. The second-order valence-corrected chi connectivity index (χ2v) is 12.4. The summed E-state index contributed by atoms with van der Waals surface area (Å²) in [5.41, 5.74) is -2.27.